The van der Waals surface area contributed by atoms with Gasteiger partial charge in [0.2, 0.25) is 0 Å². The fraction of sp³-hybridized carbons (Fsp3) is 0.611. The summed E-state index contributed by atoms with van der Waals surface area (Å²) < 4.78 is 10.1. The van der Waals surface area contributed by atoms with Crippen molar-refractivity contribution in [3.05, 3.63) is 22.3 Å². The zero-order chi connectivity index (χ0) is 18.1. The van der Waals surface area contributed by atoms with E-state index in [1.165, 1.54) is 12.8 Å². The van der Waals surface area contributed by atoms with E-state index in [0.29, 0.717) is 25.9 Å². The molecule has 0 radical (unpaired) electrons. The smallest absolute Gasteiger partial charge is 0.310 e. The number of piperidine rings is 1. The first kappa shape index (κ1) is 17.9. The van der Waals surface area contributed by atoms with E-state index in [9.17, 15) is 4.79 Å². The standard InChI is InChI=1S/C18H24N4O2S2/c1-2-24-17(23)13-5-3-9-20(11-13)12-21-18(25)22(14-7-8-14)16(19-21)15-6-4-10-26-15/h4,6,10,13-14H,2-3,5,7-9,11-12H2,1H3/t13-/m0/s1. The molecule has 1 saturated heterocycles. The Kier molecular flexibility index (Phi) is 5.24. The van der Waals surface area contributed by atoms with E-state index < -0.39 is 0 Å². The average molecular weight is 393 g/mol. The van der Waals surface area contributed by atoms with Gasteiger partial charge in [-0.25, -0.2) is 4.68 Å². The van der Waals surface area contributed by atoms with Crippen LogP contribution in [-0.2, 0) is 16.2 Å². The van der Waals surface area contributed by atoms with Gasteiger partial charge in [0.25, 0.3) is 0 Å². The maximum absolute atomic E-state index is 12.1. The molecule has 0 bridgehead atoms. The molecule has 0 amide bonds. The number of thiophene rings is 1. The Morgan fingerprint density at radius 1 is 1.42 bits per heavy atom. The number of hydrogen-bond acceptors (Lipinski definition) is 6. The fourth-order valence-corrected chi connectivity index (χ4v) is 4.61. The Labute approximate surface area is 162 Å². The molecule has 1 aliphatic heterocycles. The molecule has 26 heavy (non-hydrogen) atoms. The molecule has 3 heterocycles. The van der Waals surface area contributed by atoms with Crippen molar-refractivity contribution in [2.45, 2.75) is 45.3 Å². The molecule has 0 spiro atoms. The van der Waals surface area contributed by atoms with Crippen molar-refractivity contribution in [3.63, 3.8) is 0 Å². The van der Waals surface area contributed by atoms with Crippen LogP contribution >= 0.6 is 23.6 Å². The van der Waals surface area contributed by atoms with E-state index in [4.69, 9.17) is 22.1 Å². The normalized spacial score (nSPS) is 21.0. The number of aromatic nitrogens is 3. The second-order valence-corrected chi connectivity index (χ2v) is 8.31. The summed E-state index contributed by atoms with van der Waals surface area (Å²) in [5, 5.41) is 6.91. The summed E-state index contributed by atoms with van der Waals surface area (Å²) in [5.41, 5.74) is 0. The van der Waals surface area contributed by atoms with Gasteiger partial charge in [-0.2, -0.15) is 0 Å². The third-order valence-electron chi connectivity index (χ3n) is 4.98. The second kappa shape index (κ2) is 7.62. The zero-order valence-electron chi connectivity index (χ0n) is 15.0. The molecule has 4 rings (SSSR count). The van der Waals surface area contributed by atoms with Crippen molar-refractivity contribution < 1.29 is 9.53 Å². The Morgan fingerprint density at radius 2 is 2.27 bits per heavy atom. The van der Waals surface area contributed by atoms with E-state index in [0.717, 1.165) is 34.9 Å². The highest BCUT2D eigenvalue weighted by molar-refractivity contribution is 7.71. The van der Waals surface area contributed by atoms with Crippen molar-refractivity contribution in [2.24, 2.45) is 5.92 Å². The largest absolute Gasteiger partial charge is 0.466 e. The topological polar surface area (TPSA) is 52.3 Å². The van der Waals surface area contributed by atoms with Crippen molar-refractivity contribution in [1.29, 1.82) is 0 Å². The Morgan fingerprint density at radius 3 is 2.96 bits per heavy atom. The molecular formula is C18H24N4O2S2. The number of nitrogens with zero attached hydrogens (tertiary/aromatic N) is 4. The van der Waals surface area contributed by atoms with Crippen LogP contribution in [-0.4, -0.2) is 44.9 Å². The molecule has 1 aliphatic carbocycles. The van der Waals surface area contributed by atoms with Gasteiger partial charge in [0, 0.05) is 12.6 Å². The number of ether oxygens (including phenoxy) is 1. The van der Waals surface area contributed by atoms with Crippen molar-refractivity contribution in [1.82, 2.24) is 19.2 Å². The summed E-state index contributed by atoms with van der Waals surface area (Å²) in [4.78, 5) is 15.5. The molecule has 6 nitrogen and oxygen atoms in total. The number of rotatable bonds is 6. The minimum Gasteiger partial charge on any atom is -0.466 e. The maximum atomic E-state index is 12.1. The van der Waals surface area contributed by atoms with Crippen LogP contribution in [0.25, 0.3) is 10.7 Å². The minimum atomic E-state index is -0.0800. The molecule has 1 saturated carbocycles. The van der Waals surface area contributed by atoms with Crippen LogP contribution in [0.3, 0.4) is 0 Å². The monoisotopic (exact) mass is 392 g/mol. The summed E-state index contributed by atoms with van der Waals surface area (Å²) in [5.74, 6) is 0.857. The molecule has 0 N–H and O–H groups in total. The lowest BCUT2D eigenvalue weighted by Gasteiger charge is -2.31. The van der Waals surface area contributed by atoms with Crippen LogP contribution in [0, 0.1) is 10.7 Å². The number of esters is 1. The lowest BCUT2D eigenvalue weighted by molar-refractivity contribution is -0.150. The lowest BCUT2D eigenvalue weighted by atomic mass is 9.99. The molecule has 1 atom stereocenters. The first-order chi connectivity index (χ1) is 12.7. The molecule has 8 heteroatoms. The van der Waals surface area contributed by atoms with E-state index in [2.05, 4.69) is 20.9 Å². The second-order valence-electron chi connectivity index (χ2n) is 6.99. The first-order valence-electron chi connectivity index (χ1n) is 9.29. The number of likely N-dealkylation sites (tertiary alicyclic amines) is 1. The Hall–Kier alpha value is -1.51. The molecule has 0 aromatic carbocycles. The van der Waals surface area contributed by atoms with Crippen LogP contribution in [0.4, 0.5) is 0 Å². The van der Waals surface area contributed by atoms with Crippen LogP contribution < -0.4 is 0 Å². The van der Waals surface area contributed by atoms with Gasteiger partial charge < -0.3 is 4.74 Å². The van der Waals surface area contributed by atoms with Crippen molar-refractivity contribution in [3.8, 4) is 10.7 Å². The Bertz CT molecular complexity index is 823. The molecule has 2 aromatic rings. The van der Waals surface area contributed by atoms with Crippen LogP contribution in [0.1, 0.15) is 38.6 Å². The summed E-state index contributed by atoms with van der Waals surface area (Å²) in [6, 6.07) is 4.64. The predicted octanol–water partition coefficient (Wildman–Crippen LogP) is 3.71. The van der Waals surface area contributed by atoms with Gasteiger partial charge in [-0.15, -0.1) is 16.4 Å². The number of carbonyl (C=O) groups excluding carboxylic acids is 1. The Balaban J connectivity index is 1.54. The molecule has 2 aliphatic rings. The van der Waals surface area contributed by atoms with Crippen molar-refractivity contribution in [2.75, 3.05) is 19.7 Å². The van der Waals surface area contributed by atoms with Crippen molar-refractivity contribution >= 4 is 29.5 Å². The van der Waals surface area contributed by atoms with Gasteiger partial charge >= 0.3 is 5.97 Å². The molecule has 0 unspecified atom stereocenters. The first-order valence-corrected chi connectivity index (χ1v) is 10.6. The summed E-state index contributed by atoms with van der Waals surface area (Å²) in [6.45, 7) is 4.60. The molecule has 140 valence electrons. The van der Waals surface area contributed by atoms with Gasteiger partial charge in [0.15, 0.2) is 10.6 Å². The van der Waals surface area contributed by atoms with Crippen LogP contribution in [0.2, 0.25) is 0 Å². The molecular weight excluding hydrogens is 368 g/mol. The third-order valence-corrected chi connectivity index (χ3v) is 6.26. The predicted molar refractivity (Wildman–Crippen MR) is 104 cm³/mol. The van der Waals surface area contributed by atoms with Crippen LogP contribution in [0.5, 0.6) is 0 Å². The highest BCUT2D eigenvalue weighted by Crippen LogP contribution is 2.39. The quantitative estimate of drug-likeness (QED) is 0.554. The summed E-state index contributed by atoms with van der Waals surface area (Å²) in [7, 11) is 0. The van der Waals surface area contributed by atoms with E-state index in [1.54, 1.807) is 11.3 Å². The van der Waals surface area contributed by atoms with E-state index in [1.807, 2.05) is 17.7 Å². The molecule has 2 fully saturated rings. The van der Waals surface area contributed by atoms with Gasteiger partial charge in [0.05, 0.1) is 24.1 Å². The van der Waals surface area contributed by atoms with Gasteiger partial charge in [-0.1, -0.05) is 6.07 Å². The van der Waals surface area contributed by atoms with E-state index >= 15 is 0 Å². The van der Waals surface area contributed by atoms with Gasteiger partial charge in [-0.05, 0) is 62.8 Å². The summed E-state index contributed by atoms with van der Waals surface area (Å²) in [6.07, 6.45) is 4.25. The minimum absolute atomic E-state index is 0.0415. The third kappa shape index (κ3) is 3.63. The average Bonchev–Trinajstić information content (AvgIpc) is 3.22. The lowest BCUT2D eigenvalue weighted by Crippen LogP contribution is -2.40. The van der Waals surface area contributed by atoms with Gasteiger partial charge in [0.1, 0.15) is 0 Å². The highest BCUT2D eigenvalue weighted by Gasteiger charge is 2.31. The fourth-order valence-electron chi connectivity index (χ4n) is 3.57. The van der Waals surface area contributed by atoms with Gasteiger partial charge in [-0.3, -0.25) is 14.3 Å². The van der Waals surface area contributed by atoms with E-state index in [-0.39, 0.29) is 11.9 Å². The zero-order valence-corrected chi connectivity index (χ0v) is 16.6. The van der Waals surface area contributed by atoms with Crippen LogP contribution in [0.15, 0.2) is 17.5 Å². The highest BCUT2D eigenvalue weighted by atomic mass is 32.1. The number of carbonyl (C=O) groups is 1. The number of hydrogen-bond donors (Lipinski definition) is 0. The summed E-state index contributed by atoms with van der Waals surface area (Å²) >= 11 is 7.44. The maximum Gasteiger partial charge on any atom is 0.310 e. The SMILES string of the molecule is CCOC(=O)[C@H]1CCCN(Cn2nc(-c3cccs3)n(C3CC3)c2=S)C1. The molecule has 2 aromatic heterocycles.